The molecule has 0 amide bonds. The minimum atomic E-state index is -0.905. The number of thiophene rings is 1. The average molecular weight is 280 g/mol. The lowest BCUT2D eigenvalue weighted by Crippen LogP contribution is -1.98. The normalized spacial score (nSPS) is 11.7. The number of carboxylic acids is 1. The summed E-state index contributed by atoms with van der Waals surface area (Å²) in [4.78, 5) is 11.6. The maximum atomic E-state index is 11.6. The topological polar surface area (TPSA) is 37.3 Å². The van der Waals surface area contributed by atoms with Crippen molar-refractivity contribution in [3.8, 4) is 0 Å². The van der Waals surface area contributed by atoms with E-state index in [2.05, 4.69) is 0 Å². The summed E-state index contributed by atoms with van der Waals surface area (Å²) in [6, 6.07) is 17.4. The van der Waals surface area contributed by atoms with E-state index in [1.165, 1.54) is 0 Å². The van der Waals surface area contributed by atoms with Crippen molar-refractivity contribution >= 4 is 39.0 Å². The zero-order valence-corrected chi connectivity index (χ0v) is 11.4. The lowest BCUT2D eigenvalue weighted by Gasteiger charge is -2.02. The fraction of sp³-hybridized carbons (Fsp3) is 0. The van der Waals surface area contributed by atoms with Crippen molar-refractivity contribution < 1.29 is 9.90 Å². The molecular weight excluding hydrogens is 268 g/mol. The number of benzene rings is 2. The smallest absolute Gasteiger partial charge is 0.336 e. The second-order valence-corrected chi connectivity index (χ2v) is 5.33. The van der Waals surface area contributed by atoms with Crippen LogP contribution in [0.5, 0.6) is 0 Å². The highest BCUT2D eigenvalue weighted by Crippen LogP contribution is 2.32. The SMILES string of the molecule is O=C(O)/C(=C/c1ccccc1)c1csc2ccccc12. The average Bonchev–Trinajstić information content (AvgIpc) is 2.89. The third-order valence-corrected chi connectivity index (χ3v) is 4.08. The van der Waals surface area contributed by atoms with E-state index >= 15 is 0 Å². The van der Waals surface area contributed by atoms with Crippen LogP contribution >= 0.6 is 11.3 Å². The third kappa shape index (κ3) is 2.36. The molecule has 2 aromatic carbocycles. The van der Waals surface area contributed by atoms with Gasteiger partial charge in [0.25, 0.3) is 0 Å². The Balaban J connectivity index is 2.17. The molecule has 1 aromatic heterocycles. The van der Waals surface area contributed by atoms with Gasteiger partial charge in [-0.25, -0.2) is 4.79 Å². The summed E-state index contributed by atoms with van der Waals surface area (Å²) in [5.74, 6) is -0.905. The highest BCUT2D eigenvalue weighted by atomic mass is 32.1. The van der Waals surface area contributed by atoms with E-state index in [-0.39, 0.29) is 0 Å². The molecule has 98 valence electrons. The van der Waals surface area contributed by atoms with Gasteiger partial charge in [-0.05, 0) is 17.7 Å². The highest BCUT2D eigenvalue weighted by Gasteiger charge is 2.14. The van der Waals surface area contributed by atoms with Gasteiger partial charge in [0.05, 0.1) is 5.57 Å². The Labute approximate surface area is 120 Å². The van der Waals surface area contributed by atoms with Crippen LogP contribution in [0.2, 0.25) is 0 Å². The van der Waals surface area contributed by atoms with Crippen LogP contribution in [-0.4, -0.2) is 11.1 Å². The fourth-order valence-corrected chi connectivity index (χ4v) is 3.12. The number of carboxylic acid groups (broad SMARTS) is 1. The number of rotatable bonds is 3. The van der Waals surface area contributed by atoms with Gasteiger partial charge in [-0.3, -0.25) is 0 Å². The van der Waals surface area contributed by atoms with Crippen LogP contribution < -0.4 is 0 Å². The maximum Gasteiger partial charge on any atom is 0.336 e. The summed E-state index contributed by atoms with van der Waals surface area (Å²) in [5.41, 5.74) is 2.00. The van der Waals surface area contributed by atoms with Crippen LogP contribution in [-0.2, 0) is 4.79 Å². The Morgan fingerprint density at radius 1 is 1.00 bits per heavy atom. The van der Waals surface area contributed by atoms with Crippen molar-refractivity contribution in [2.45, 2.75) is 0 Å². The van der Waals surface area contributed by atoms with E-state index < -0.39 is 5.97 Å². The van der Waals surface area contributed by atoms with Crippen LogP contribution in [0.1, 0.15) is 11.1 Å². The van der Waals surface area contributed by atoms with E-state index in [4.69, 9.17) is 0 Å². The van der Waals surface area contributed by atoms with Crippen molar-refractivity contribution in [2.75, 3.05) is 0 Å². The van der Waals surface area contributed by atoms with Gasteiger partial charge in [0.2, 0.25) is 0 Å². The summed E-state index contributed by atoms with van der Waals surface area (Å²) in [6.07, 6.45) is 1.72. The van der Waals surface area contributed by atoms with E-state index in [0.717, 1.165) is 21.2 Å². The summed E-state index contributed by atoms with van der Waals surface area (Å²) in [5, 5.41) is 12.4. The Kier molecular flexibility index (Phi) is 3.35. The number of hydrogen-bond donors (Lipinski definition) is 1. The second-order valence-electron chi connectivity index (χ2n) is 4.42. The quantitative estimate of drug-likeness (QED) is 0.716. The predicted molar refractivity (Wildman–Crippen MR) is 83.8 cm³/mol. The van der Waals surface area contributed by atoms with Gasteiger partial charge in [-0.15, -0.1) is 11.3 Å². The molecule has 1 N–H and O–H groups in total. The zero-order chi connectivity index (χ0) is 13.9. The minimum absolute atomic E-state index is 0.327. The van der Waals surface area contributed by atoms with E-state index in [1.807, 2.05) is 60.0 Å². The second kappa shape index (κ2) is 5.31. The van der Waals surface area contributed by atoms with E-state index in [9.17, 15) is 9.90 Å². The molecule has 0 aliphatic carbocycles. The molecule has 0 atom stereocenters. The molecule has 3 rings (SSSR count). The first-order valence-electron chi connectivity index (χ1n) is 6.22. The first-order chi connectivity index (χ1) is 9.75. The van der Waals surface area contributed by atoms with Gasteiger partial charge < -0.3 is 5.11 Å². The van der Waals surface area contributed by atoms with Crippen molar-refractivity contribution in [1.29, 1.82) is 0 Å². The van der Waals surface area contributed by atoms with E-state index in [0.29, 0.717) is 5.57 Å². The van der Waals surface area contributed by atoms with Crippen molar-refractivity contribution in [3.05, 3.63) is 71.1 Å². The molecule has 0 aliphatic heterocycles. The lowest BCUT2D eigenvalue weighted by molar-refractivity contribution is -0.130. The molecule has 0 fully saturated rings. The van der Waals surface area contributed by atoms with Gasteiger partial charge in [-0.2, -0.15) is 0 Å². The zero-order valence-electron chi connectivity index (χ0n) is 10.6. The Bertz CT molecular complexity index is 785. The molecule has 3 aromatic rings. The molecule has 0 bridgehead atoms. The van der Waals surface area contributed by atoms with Crippen LogP contribution in [0.3, 0.4) is 0 Å². The molecule has 0 saturated carbocycles. The van der Waals surface area contributed by atoms with Crippen LogP contribution in [0.25, 0.3) is 21.7 Å². The standard InChI is InChI=1S/C17H12O2S/c18-17(19)14(10-12-6-2-1-3-7-12)15-11-20-16-9-5-4-8-13(15)16/h1-11H,(H,18,19)/b14-10+. The van der Waals surface area contributed by atoms with Gasteiger partial charge in [-0.1, -0.05) is 48.5 Å². The Morgan fingerprint density at radius 2 is 1.70 bits per heavy atom. The predicted octanol–water partition coefficient (Wildman–Crippen LogP) is 4.53. The Morgan fingerprint density at radius 3 is 2.45 bits per heavy atom. The van der Waals surface area contributed by atoms with Crippen LogP contribution in [0.4, 0.5) is 0 Å². The van der Waals surface area contributed by atoms with Crippen molar-refractivity contribution in [3.63, 3.8) is 0 Å². The molecule has 0 saturated heterocycles. The van der Waals surface area contributed by atoms with Crippen molar-refractivity contribution in [1.82, 2.24) is 0 Å². The van der Waals surface area contributed by atoms with Crippen molar-refractivity contribution in [2.24, 2.45) is 0 Å². The molecule has 1 heterocycles. The largest absolute Gasteiger partial charge is 0.478 e. The summed E-state index contributed by atoms with van der Waals surface area (Å²) in [6.45, 7) is 0. The van der Waals surface area contributed by atoms with Gasteiger partial charge in [0, 0.05) is 21.0 Å². The van der Waals surface area contributed by atoms with Gasteiger partial charge in [0.15, 0.2) is 0 Å². The lowest BCUT2D eigenvalue weighted by atomic mass is 10.0. The molecule has 20 heavy (non-hydrogen) atoms. The molecular formula is C17H12O2S. The summed E-state index contributed by atoms with van der Waals surface area (Å²) < 4.78 is 1.10. The molecule has 0 spiro atoms. The number of carbonyl (C=O) groups is 1. The highest BCUT2D eigenvalue weighted by molar-refractivity contribution is 7.17. The number of hydrogen-bond acceptors (Lipinski definition) is 2. The summed E-state index contributed by atoms with van der Waals surface area (Å²) >= 11 is 1.57. The Hall–Kier alpha value is -2.39. The maximum absolute atomic E-state index is 11.6. The summed E-state index contributed by atoms with van der Waals surface area (Å²) in [7, 11) is 0. The first-order valence-corrected chi connectivity index (χ1v) is 7.10. The third-order valence-electron chi connectivity index (χ3n) is 3.11. The monoisotopic (exact) mass is 280 g/mol. The molecule has 0 radical (unpaired) electrons. The number of fused-ring (bicyclic) bond motifs is 1. The molecule has 3 heteroatoms. The molecule has 0 unspecified atom stereocenters. The fourth-order valence-electron chi connectivity index (χ4n) is 2.16. The van der Waals surface area contributed by atoms with Gasteiger partial charge >= 0.3 is 5.97 Å². The van der Waals surface area contributed by atoms with Gasteiger partial charge in [0.1, 0.15) is 0 Å². The molecule has 0 aliphatic rings. The van der Waals surface area contributed by atoms with E-state index in [1.54, 1.807) is 17.4 Å². The first kappa shape index (κ1) is 12.6. The van der Waals surface area contributed by atoms with Crippen LogP contribution in [0.15, 0.2) is 60.0 Å². The molecule has 2 nitrogen and oxygen atoms in total. The number of aliphatic carboxylic acids is 1. The van der Waals surface area contributed by atoms with Crippen LogP contribution in [0, 0.1) is 0 Å². The minimum Gasteiger partial charge on any atom is -0.478 e.